The van der Waals surface area contributed by atoms with Gasteiger partial charge in [0.25, 0.3) is 0 Å². The maximum absolute atomic E-state index is 10.7. The van der Waals surface area contributed by atoms with E-state index in [1.165, 1.54) is 24.8 Å². The first-order chi connectivity index (χ1) is 17.5. The minimum absolute atomic E-state index is 0.303. The van der Waals surface area contributed by atoms with Gasteiger partial charge >= 0.3 is 23.9 Å². The molecule has 200 valence electrons. The number of rotatable bonds is 11. The number of carbonyl (C=O) groups is 4. The van der Waals surface area contributed by atoms with Crippen molar-refractivity contribution in [1.82, 2.24) is 0 Å². The van der Waals surface area contributed by atoms with E-state index in [9.17, 15) is 19.2 Å². The molecule has 37 heavy (non-hydrogen) atoms. The molecule has 9 nitrogen and oxygen atoms in total. The lowest BCUT2D eigenvalue weighted by Gasteiger charge is -1.97. The van der Waals surface area contributed by atoms with E-state index >= 15 is 0 Å². The normalized spacial score (nSPS) is 8.68. The Morgan fingerprint density at radius 3 is 2.00 bits per heavy atom. The highest BCUT2D eigenvalue weighted by Gasteiger charge is 2.07. The van der Waals surface area contributed by atoms with Gasteiger partial charge in [-0.2, -0.15) is 5.26 Å². The van der Waals surface area contributed by atoms with E-state index in [0.29, 0.717) is 18.6 Å². The SMILES string of the molecule is C=C(CC(=O)O)C(=O)O.C=C(CC=CC#N)C(=O)OC.C=CC(=O)OCCCC.C=Cc1ccccc1. The molecule has 0 saturated heterocycles. The molecular weight excluding hydrogens is 478 g/mol. The Bertz CT molecular complexity index is 956. The molecule has 1 rings (SSSR count). The van der Waals surface area contributed by atoms with Gasteiger partial charge in [-0.25, -0.2) is 14.4 Å². The average Bonchev–Trinajstić information content (AvgIpc) is 2.89. The summed E-state index contributed by atoms with van der Waals surface area (Å²) in [7, 11) is 1.29. The van der Waals surface area contributed by atoms with E-state index in [1.807, 2.05) is 43.3 Å². The molecule has 2 N–H and O–H groups in total. The first-order valence-corrected chi connectivity index (χ1v) is 10.9. The van der Waals surface area contributed by atoms with Crippen LogP contribution in [0.4, 0.5) is 0 Å². The zero-order valence-electron chi connectivity index (χ0n) is 21.4. The van der Waals surface area contributed by atoms with Crippen molar-refractivity contribution in [1.29, 1.82) is 5.26 Å². The zero-order chi connectivity index (χ0) is 29.1. The summed E-state index contributed by atoms with van der Waals surface area (Å²) in [5.74, 6) is -3.21. The number of carboxylic acid groups (broad SMARTS) is 2. The van der Waals surface area contributed by atoms with Crippen molar-refractivity contribution in [3.63, 3.8) is 0 Å². The largest absolute Gasteiger partial charge is 0.481 e. The van der Waals surface area contributed by atoms with Crippen molar-refractivity contribution < 1.29 is 38.9 Å². The number of ether oxygens (including phenoxy) is 2. The van der Waals surface area contributed by atoms with Gasteiger partial charge in [0.05, 0.1) is 26.2 Å². The molecule has 0 amide bonds. The van der Waals surface area contributed by atoms with Crippen LogP contribution in [0.15, 0.2) is 86.0 Å². The number of carbonyl (C=O) groups excluding carboxylic acids is 2. The summed E-state index contributed by atoms with van der Waals surface area (Å²) in [6.45, 7) is 15.9. The lowest BCUT2D eigenvalue weighted by Crippen LogP contribution is -2.04. The van der Waals surface area contributed by atoms with Gasteiger partial charge in [-0.1, -0.05) is 82.1 Å². The highest BCUT2D eigenvalue weighted by atomic mass is 16.5. The summed E-state index contributed by atoms with van der Waals surface area (Å²) in [4.78, 5) is 40.7. The topological polar surface area (TPSA) is 151 Å². The van der Waals surface area contributed by atoms with Crippen LogP contribution in [0.5, 0.6) is 0 Å². The van der Waals surface area contributed by atoms with Gasteiger partial charge < -0.3 is 19.7 Å². The van der Waals surface area contributed by atoms with Gasteiger partial charge in [-0.05, 0) is 18.4 Å². The van der Waals surface area contributed by atoms with Crippen LogP contribution in [0.2, 0.25) is 0 Å². The summed E-state index contributed by atoms with van der Waals surface area (Å²) < 4.78 is 9.06. The molecule has 0 saturated carbocycles. The third-order valence-electron chi connectivity index (χ3n) is 3.64. The Hall–Kier alpha value is -4.71. The highest BCUT2D eigenvalue weighted by Crippen LogP contribution is 2.00. The number of carboxylic acids is 2. The molecule has 0 heterocycles. The number of allylic oxidation sites excluding steroid dienone is 2. The highest BCUT2D eigenvalue weighted by molar-refractivity contribution is 5.91. The number of nitriles is 1. The van der Waals surface area contributed by atoms with Crippen LogP contribution in [0.3, 0.4) is 0 Å². The van der Waals surface area contributed by atoms with Crippen molar-refractivity contribution >= 4 is 30.0 Å². The fourth-order valence-electron chi connectivity index (χ4n) is 1.70. The lowest BCUT2D eigenvalue weighted by atomic mass is 10.2. The van der Waals surface area contributed by atoms with Crippen LogP contribution in [0.1, 0.15) is 38.2 Å². The van der Waals surface area contributed by atoms with Crippen molar-refractivity contribution in [3.05, 3.63) is 91.6 Å². The molecule has 0 atom stereocenters. The van der Waals surface area contributed by atoms with E-state index in [-0.39, 0.29) is 11.5 Å². The number of nitrogens with zero attached hydrogens (tertiary/aromatic N) is 1. The summed E-state index contributed by atoms with van der Waals surface area (Å²) in [6, 6.07) is 11.8. The van der Waals surface area contributed by atoms with E-state index in [4.69, 9.17) is 15.5 Å². The molecule has 0 fully saturated rings. The molecular formula is C28H35NO8. The first-order valence-electron chi connectivity index (χ1n) is 10.9. The average molecular weight is 514 g/mol. The minimum atomic E-state index is -1.27. The van der Waals surface area contributed by atoms with Gasteiger partial charge in [0.1, 0.15) is 0 Å². The molecule has 1 aromatic carbocycles. The zero-order valence-corrected chi connectivity index (χ0v) is 21.4. The predicted molar refractivity (Wildman–Crippen MR) is 142 cm³/mol. The van der Waals surface area contributed by atoms with Crippen LogP contribution in [-0.2, 0) is 28.7 Å². The lowest BCUT2D eigenvalue weighted by molar-refractivity contribution is -0.139. The quantitative estimate of drug-likeness (QED) is 0.177. The Morgan fingerprint density at radius 1 is 1.05 bits per heavy atom. The number of esters is 2. The first kappa shape index (κ1) is 36.9. The van der Waals surface area contributed by atoms with Crippen molar-refractivity contribution in [3.8, 4) is 6.07 Å². The molecule has 0 aliphatic rings. The van der Waals surface area contributed by atoms with Crippen LogP contribution in [0.25, 0.3) is 6.08 Å². The van der Waals surface area contributed by atoms with Crippen molar-refractivity contribution in [2.45, 2.75) is 32.6 Å². The summed E-state index contributed by atoms with van der Waals surface area (Å²) in [6.07, 6.45) is 7.70. The molecule has 1 aromatic rings. The number of hydrogen-bond acceptors (Lipinski definition) is 7. The van der Waals surface area contributed by atoms with E-state index in [1.54, 1.807) is 12.1 Å². The van der Waals surface area contributed by atoms with Crippen LogP contribution < -0.4 is 0 Å². The molecule has 0 radical (unpaired) electrons. The van der Waals surface area contributed by atoms with Crippen molar-refractivity contribution in [2.75, 3.05) is 13.7 Å². The molecule has 0 unspecified atom stereocenters. The Balaban J connectivity index is -0.000000419. The van der Waals surface area contributed by atoms with E-state index in [0.717, 1.165) is 12.8 Å². The fraction of sp³-hybridized carbons (Fsp3) is 0.250. The minimum Gasteiger partial charge on any atom is -0.481 e. The molecule has 0 spiro atoms. The maximum atomic E-state index is 10.7. The van der Waals surface area contributed by atoms with Crippen LogP contribution in [-0.4, -0.2) is 47.8 Å². The molecule has 9 heteroatoms. The monoisotopic (exact) mass is 513 g/mol. The smallest absolute Gasteiger partial charge is 0.333 e. The second kappa shape index (κ2) is 25.9. The third-order valence-corrected chi connectivity index (χ3v) is 3.64. The summed E-state index contributed by atoms with van der Waals surface area (Å²) in [5.41, 5.74) is 1.22. The second-order valence-corrected chi connectivity index (χ2v) is 6.65. The van der Waals surface area contributed by atoms with E-state index in [2.05, 4.69) is 35.8 Å². The van der Waals surface area contributed by atoms with Gasteiger partial charge in [-0.3, -0.25) is 4.79 Å². The third kappa shape index (κ3) is 27.4. The summed E-state index contributed by atoms with van der Waals surface area (Å²) in [5, 5.41) is 24.2. The van der Waals surface area contributed by atoms with Gasteiger partial charge in [0.2, 0.25) is 0 Å². The standard InChI is InChI=1S/C8H9NO2.C8H8.C7H12O2.C5H6O4/c1-7(8(10)11-2)5-3-4-6-9;1-2-8-6-4-3-5-7-8;1-3-5-6-9-7(8)4-2;1-3(5(8)9)2-4(6)7/h3-4H,1,5H2,2H3;2-7H,1H2;4H,2-3,5-6H2,1H3;1-2H2,(H,6,7)(H,8,9). The molecule has 0 aromatic heterocycles. The molecule has 0 aliphatic heterocycles. The van der Waals surface area contributed by atoms with Gasteiger partial charge in [-0.15, -0.1) is 0 Å². The van der Waals surface area contributed by atoms with Crippen LogP contribution >= 0.6 is 0 Å². The van der Waals surface area contributed by atoms with Crippen LogP contribution in [0, 0.1) is 11.3 Å². The predicted octanol–water partition coefficient (Wildman–Crippen LogP) is 5.13. The van der Waals surface area contributed by atoms with Crippen molar-refractivity contribution in [2.24, 2.45) is 0 Å². The Kier molecular flexibility index (Phi) is 25.8. The van der Waals surface area contributed by atoms with Gasteiger partial charge in [0.15, 0.2) is 0 Å². The molecule has 0 bridgehead atoms. The maximum Gasteiger partial charge on any atom is 0.333 e. The summed E-state index contributed by atoms with van der Waals surface area (Å²) >= 11 is 0. The number of unbranched alkanes of at least 4 members (excludes halogenated alkanes) is 1. The van der Waals surface area contributed by atoms with Gasteiger partial charge in [0, 0.05) is 23.3 Å². The number of hydrogen-bond donors (Lipinski definition) is 2. The fourth-order valence-corrected chi connectivity index (χ4v) is 1.70. The second-order valence-electron chi connectivity index (χ2n) is 6.65. The molecule has 0 aliphatic carbocycles. The number of aliphatic carboxylic acids is 2. The Morgan fingerprint density at radius 2 is 1.65 bits per heavy atom. The number of methoxy groups -OCH3 is 1. The Labute approximate surface area is 218 Å². The van der Waals surface area contributed by atoms with E-state index < -0.39 is 24.3 Å². The number of benzene rings is 1.